The molecule has 2 saturated heterocycles. The van der Waals surface area contributed by atoms with E-state index in [1.54, 1.807) is 6.07 Å². The van der Waals surface area contributed by atoms with Gasteiger partial charge in [-0.05, 0) is 33.0 Å². The van der Waals surface area contributed by atoms with Gasteiger partial charge in [-0.25, -0.2) is 14.6 Å². The van der Waals surface area contributed by atoms with E-state index in [0.29, 0.717) is 18.7 Å². The summed E-state index contributed by atoms with van der Waals surface area (Å²) < 4.78 is 82.7. The number of rotatable bonds is 4. The topological polar surface area (TPSA) is 124 Å². The number of ether oxygens (including phenoxy) is 1. The third-order valence-electron chi connectivity index (χ3n) is 5.95. The number of likely N-dealkylation sites (N-methyl/N-ethyl adjacent to an activating group) is 1. The third kappa shape index (κ3) is 12.4. The summed E-state index contributed by atoms with van der Waals surface area (Å²) in [6, 6.07) is 2.79. The molecule has 228 valence electrons. The number of nitrogens with zero attached hydrogens (tertiary/aromatic N) is 4. The van der Waals surface area contributed by atoms with Gasteiger partial charge in [0.05, 0.1) is 13.2 Å². The Bertz CT molecular complexity index is 959. The van der Waals surface area contributed by atoms with Gasteiger partial charge in [0.1, 0.15) is 0 Å². The summed E-state index contributed by atoms with van der Waals surface area (Å²) in [5.41, 5.74) is 0.487. The van der Waals surface area contributed by atoms with Crippen LogP contribution in [0.15, 0.2) is 18.3 Å². The number of carboxylic acid groups (broad SMARTS) is 2. The number of pyridine rings is 1. The highest BCUT2D eigenvalue weighted by Gasteiger charge is 2.40. The molecule has 2 aliphatic rings. The van der Waals surface area contributed by atoms with E-state index in [4.69, 9.17) is 24.5 Å². The van der Waals surface area contributed by atoms with E-state index in [9.17, 15) is 35.5 Å². The van der Waals surface area contributed by atoms with Gasteiger partial charge in [0, 0.05) is 62.5 Å². The molecule has 3 heterocycles. The minimum atomic E-state index is -5.08. The lowest BCUT2D eigenvalue weighted by molar-refractivity contribution is -0.193. The summed E-state index contributed by atoms with van der Waals surface area (Å²) >= 11 is 0. The lowest BCUT2D eigenvalue weighted by Gasteiger charge is -2.42. The molecular weight excluding hydrogens is 561 g/mol. The lowest BCUT2D eigenvalue weighted by Crippen LogP contribution is -2.49. The summed E-state index contributed by atoms with van der Waals surface area (Å²) in [5, 5.41) is 14.2. The molecule has 0 radical (unpaired) electrons. The fraction of sp³-hybridized carbons (Fsp3) is 0.652. The van der Waals surface area contributed by atoms with Crippen molar-refractivity contribution < 1.29 is 60.1 Å². The van der Waals surface area contributed by atoms with Crippen LogP contribution >= 0.6 is 0 Å². The number of halogens is 7. The van der Waals surface area contributed by atoms with Crippen LogP contribution in [0.2, 0.25) is 0 Å². The van der Waals surface area contributed by atoms with Crippen LogP contribution in [-0.4, -0.2) is 127 Å². The zero-order valence-electron chi connectivity index (χ0n) is 21.8. The Hall–Kier alpha value is -3.05. The smallest absolute Gasteiger partial charge is 0.475 e. The number of carbonyl (C=O) groups excluding carboxylic acids is 1. The van der Waals surface area contributed by atoms with Crippen LogP contribution in [0, 0.1) is 11.4 Å². The van der Waals surface area contributed by atoms with Crippen molar-refractivity contribution in [1.29, 1.82) is 0 Å². The molecule has 2 N–H and O–H groups in total. The van der Waals surface area contributed by atoms with E-state index in [-0.39, 0.29) is 11.3 Å². The molecule has 40 heavy (non-hydrogen) atoms. The van der Waals surface area contributed by atoms with Gasteiger partial charge in [-0.3, -0.25) is 9.69 Å². The number of carboxylic acids is 2. The summed E-state index contributed by atoms with van der Waals surface area (Å²) in [6.07, 6.45) is -6.98. The van der Waals surface area contributed by atoms with Crippen molar-refractivity contribution in [2.45, 2.75) is 25.2 Å². The first kappa shape index (κ1) is 35.0. The van der Waals surface area contributed by atoms with Crippen LogP contribution in [0.5, 0.6) is 0 Å². The number of piperidine rings is 1. The van der Waals surface area contributed by atoms with Crippen molar-refractivity contribution in [3.8, 4) is 0 Å². The summed E-state index contributed by atoms with van der Waals surface area (Å²) in [5.74, 6) is -6.24. The maximum absolute atomic E-state index is 13.3. The molecule has 1 amide bonds. The molecule has 1 aromatic heterocycles. The Balaban J connectivity index is 0.000000473. The van der Waals surface area contributed by atoms with Gasteiger partial charge in [0.25, 0.3) is 5.91 Å². The van der Waals surface area contributed by atoms with E-state index < -0.39 is 30.2 Å². The molecule has 10 nitrogen and oxygen atoms in total. The summed E-state index contributed by atoms with van der Waals surface area (Å²) in [6.45, 7) is 6.97. The van der Waals surface area contributed by atoms with Crippen molar-refractivity contribution in [3.63, 3.8) is 0 Å². The average molecular weight is 593 g/mol. The quantitative estimate of drug-likeness (QED) is 0.401. The second-order valence-corrected chi connectivity index (χ2v) is 9.40. The highest BCUT2D eigenvalue weighted by atomic mass is 19.4. The fourth-order valence-corrected chi connectivity index (χ4v) is 3.82. The molecule has 0 saturated carbocycles. The van der Waals surface area contributed by atoms with Crippen LogP contribution in [-0.2, 0) is 14.3 Å². The Morgan fingerprint density at radius 1 is 1.02 bits per heavy atom. The molecule has 0 aliphatic carbocycles. The van der Waals surface area contributed by atoms with E-state index in [1.807, 2.05) is 4.90 Å². The number of likely N-dealkylation sites (tertiary alicyclic amines) is 1. The molecule has 1 spiro atoms. The molecule has 2 aliphatic heterocycles. The minimum absolute atomic E-state index is 0.111. The molecule has 0 aromatic carbocycles. The van der Waals surface area contributed by atoms with Crippen LogP contribution in [0.4, 0.5) is 30.7 Å². The van der Waals surface area contributed by atoms with Crippen molar-refractivity contribution in [3.05, 3.63) is 29.8 Å². The molecule has 17 heteroatoms. The molecule has 0 unspecified atom stereocenters. The standard InChI is InChI=1S/C19H29FN4O2.2C2HF3O2/c1-22(2)9-10-23-11-12-26-15-19(14-23)4-7-24(8-5-19)18(25)16-3-6-21-17(20)13-16;2*3-2(4,5)1(6)7/h3,6,13H,4-5,7-12,14-15H2,1-2H3;2*(H,6,7). The minimum Gasteiger partial charge on any atom is -0.475 e. The molecule has 3 rings (SSSR count). The van der Waals surface area contributed by atoms with Gasteiger partial charge >= 0.3 is 24.3 Å². The maximum atomic E-state index is 13.3. The Morgan fingerprint density at radius 2 is 1.55 bits per heavy atom. The number of hydrogen-bond donors (Lipinski definition) is 2. The number of alkyl halides is 6. The van der Waals surface area contributed by atoms with Crippen molar-refractivity contribution in [2.75, 3.05) is 66.6 Å². The number of aromatic nitrogens is 1. The molecule has 1 aromatic rings. The lowest BCUT2D eigenvalue weighted by atomic mass is 9.78. The first-order valence-electron chi connectivity index (χ1n) is 11.8. The van der Waals surface area contributed by atoms with E-state index in [1.165, 1.54) is 12.3 Å². The van der Waals surface area contributed by atoms with Crippen LogP contribution in [0.25, 0.3) is 0 Å². The monoisotopic (exact) mass is 592 g/mol. The molecular formula is C23H31F7N4O6. The maximum Gasteiger partial charge on any atom is 0.490 e. The average Bonchev–Trinajstić information content (AvgIpc) is 3.04. The zero-order chi connectivity index (χ0) is 30.7. The Labute approximate surface area is 225 Å². The van der Waals surface area contributed by atoms with Gasteiger partial charge < -0.3 is 24.7 Å². The highest BCUT2D eigenvalue weighted by molar-refractivity contribution is 5.94. The second kappa shape index (κ2) is 15.1. The SMILES string of the molecule is CN(C)CCN1CCOCC2(CCN(C(=O)c3ccnc(F)c3)CC2)C1.O=C(O)C(F)(F)F.O=C(O)C(F)(F)F. The van der Waals surface area contributed by atoms with E-state index in [2.05, 4.69) is 28.9 Å². The van der Waals surface area contributed by atoms with Gasteiger partial charge in [-0.2, -0.15) is 30.7 Å². The van der Waals surface area contributed by atoms with Crippen LogP contribution in [0.3, 0.4) is 0 Å². The Kier molecular flexibility index (Phi) is 13.2. The van der Waals surface area contributed by atoms with Crippen molar-refractivity contribution >= 4 is 17.8 Å². The van der Waals surface area contributed by atoms with Crippen LogP contribution in [0.1, 0.15) is 23.2 Å². The second-order valence-electron chi connectivity index (χ2n) is 9.40. The summed E-state index contributed by atoms with van der Waals surface area (Å²) in [4.78, 5) is 40.4. The van der Waals surface area contributed by atoms with Gasteiger partial charge in [-0.1, -0.05) is 0 Å². The van der Waals surface area contributed by atoms with Gasteiger partial charge in [0.15, 0.2) is 0 Å². The number of aliphatic carboxylic acids is 2. The van der Waals surface area contributed by atoms with Crippen LogP contribution < -0.4 is 0 Å². The summed E-state index contributed by atoms with van der Waals surface area (Å²) in [7, 11) is 4.19. The van der Waals surface area contributed by atoms with Crippen molar-refractivity contribution in [2.24, 2.45) is 5.41 Å². The normalized spacial score (nSPS) is 17.7. The van der Waals surface area contributed by atoms with E-state index >= 15 is 0 Å². The molecule has 0 bridgehead atoms. The number of hydrogen-bond acceptors (Lipinski definition) is 7. The largest absolute Gasteiger partial charge is 0.490 e. The first-order chi connectivity index (χ1) is 18.4. The first-order valence-corrected chi connectivity index (χ1v) is 11.8. The van der Waals surface area contributed by atoms with Crippen molar-refractivity contribution in [1.82, 2.24) is 19.7 Å². The number of carbonyl (C=O) groups is 3. The van der Waals surface area contributed by atoms with Gasteiger partial charge in [0.2, 0.25) is 5.95 Å². The van der Waals surface area contributed by atoms with E-state index in [0.717, 1.165) is 52.2 Å². The van der Waals surface area contributed by atoms with Gasteiger partial charge in [-0.15, -0.1) is 0 Å². The Morgan fingerprint density at radius 3 is 2.00 bits per heavy atom. The fourth-order valence-electron chi connectivity index (χ4n) is 3.82. The predicted molar refractivity (Wildman–Crippen MR) is 125 cm³/mol. The third-order valence-corrected chi connectivity index (χ3v) is 5.95. The highest BCUT2D eigenvalue weighted by Crippen LogP contribution is 2.34. The number of amides is 1. The zero-order valence-corrected chi connectivity index (χ0v) is 21.8. The predicted octanol–water partition coefficient (Wildman–Crippen LogP) is 2.60. The molecule has 2 fully saturated rings. The molecule has 0 atom stereocenters.